The van der Waals surface area contributed by atoms with Crippen molar-refractivity contribution in [3.8, 4) is 5.75 Å². The predicted octanol–water partition coefficient (Wildman–Crippen LogP) is 1.36. The number of benzene rings is 1. The molecule has 0 aliphatic carbocycles. The van der Waals surface area contributed by atoms with Gasteiger partial charge in [0.1, 0.15) is 17.5 Å². The van der Waals surface area contributed by atoms with E-state index in [9.17, 15) is 9.90 Å². The van der Waals surface area contributed by atoms with E-state index in [-0.39, 0.29) is 12.1 Å². The third-order valence-electron chi connectivity index (χ3n) is 3.54. The van der Waals surface area contributed by atoms with Gasteiger partial charge in [-0.05, 0) is 32.0 Å². The summed E-state index contributed by atoms with van der Waals surface area (Å²) in [5.74, 6) is 0.180. The lowest BCUT2D eigenvalue weighted by molar-refractivity contribution is -0.0658. The van der Waals surface area contributed by atoms with Crippen molar-refractivity contribution >= 4 is 5.91 Å². The largest absolute Gasteiger partial charge is 0.485 e. The molecule has 2 atom stereocenters. The van der Waals surface area contributed by atoms with Gasteiger partial charge in [-0.3, -0.25) is 4.79 Å². The van der Waals surface area contributed by atoms with Gasteiger partial charge in [-0.15, -0.1) is 0 Å². The van der Waals surface area contributed by atoms with Gasteiger partial charge in [0.15, 0.2) is 0 Å². The molecule has 4 N–H and O–H groups in total. The van der Waals surface area contributed by atoms with Crippen LogP contribution in [0, 0.1) is 0 Å². The molecule has 1 aliphatic rings. The number of aliphatic hydroxyl groups is 1. The molecule has 0 bridgehead atoms. The Kier molecular flexibility index (Phi) is 3.75. The lowest BCUT2D eigenvalue weighted by Gasteiger charge is -2.43. The summed E-state index contributed by atoms with van der Waals surface area (Å²) in [5, 5.41) is 13.8. The molecule has 1 aromatic rings. The first-order chi connectivity index (χ1) is 9.22. The minimum absolute atomic E-state index is 0.189. The van der Waals surface area contributed by atoms with E-state index in [1.165, 1.54) is 0 Å². The number of aliphatic hydroxyl groups excluding tert-OH is 1. The topological polar surface area (TPSA) is 84.6 Å². The number of carbonyl (C=O) groups excluding carboxylic acids is 1. The smallest absolute Gasteiger partial charge is 0.248 e. The molecule has 0 saturated carbocycles. The molecule has 2 unspecified atom stereocenters. The Bertz CT molecular complexity index is 526. The lowest BCUT2D eigenvalue weighted by atomic mass is 9.85. The molecule has 0 fully saturated rings. The van der Waals surface area contributed by atoms with Gasteiger partial charge in [0.05, 0.1) is 6.04 Å². The zero-order valence-electron chi connectivity index (χ0n) is 12.3. The lowest BCUT2D eigenvalue weighted by Crippen LogP contribution is -2.53. The first kappa shape index (κ1) is 14.8. The second kappa shape index (κ2) is 5.07. The Balaban J connectivity index is 2.50. The van der Waals surface area contributed by atoms with E-state index >= 15 is 0 Å². The molecule has 1 heterocycles. The maximum Gasteiger partial charge on any atom is 0.248 e. The summed E-state index contributed by atoms with van der Waals surface area (Å²) in [6, 6.07) is 4.96. The van der Waals surface area contributed by atoms with E-state index in [2.05, 4.69) is 5.32 Å². The van der Waals surface area contributed by atoms with Crippen molar-refractivity contribution in [3.63, 3.8) is 0 Å². The van der Waals surface area contributed by atoms with Gasteiger partial charge >= 0.3 is 0 Å². The van der Waals surface area contributed by atoms with E-state index < -0.39 is 17.6 Å². The number of nitrogens with two attached hydrogens (primary N) is 1. The molecule has 110 valence electrons. The summed E-state index contributed by atoms with van der Waals surface area (Å²) in [4.78, 5) is 11.3. The highest BCUT2D eigenvalue weighted by Crippen LogP contribution is 2.40. The predicted molar refractivity (Wildman–Crippen MR) is 76.7 cm³/mol. The van der Waals surface area contributed by atoms with Crippen molar-refractivity contribution < 1.29 is 14.6 Å². The number of hydrogen-bond acceptors (Lipinski definition) is 4. The van der Waals surface area contributed by atoms with Gasteiger partial charge in [-0.1, -0.05) is 13.8 Å². The van der Waals surface area contributed by atoms with Crippen LogP contribution in [-0.4, -0.2) is 28.8 Å². The Morgan fingerprint density at radius 3 is 2.65 bits per heavy atom. The highest BCUT2D eigenvalue weighted by atomic mass is 16.5. The fourth-order valence-corrected chi connectivity index (χ4v) is 2.49. The molecule has 1 aromatic carbocycles. The minimum atomic E-state index is -0.722. The second-order valence-electron chi connectivity index (χ2n) is 6.07. The van der Waals surface area contributed by atoms with Crippen LogP contribution < -0.4 is 15.8 Å². The first-order valence-corrected chi connectivity index (χ1v) is 6.79. The number of primary amides is 1. The Hall–Kier alpha value is -1.59. The van der Waals surface area contributed by atoms with Crippen molar-refractivity contribution in [2.24, 2.45) is 5.73 Å². The number of ether oxygens (including phenoxy) is 1. The van der Waals surface area contributed by atoms with E-state index in [0.29, 0.717) is 11.3 Å². The van der Waals surface area contributed by atoms with Crippen molar-refractivity contribution in [1.82, 2.24) is 5.32 Å². The van der Waals surface area contributed by atoms with Crippen LogP contribution in [0.3, 0.4) is 0 Å². The molecule has 20 heavy (non-hydrogen) atoms. The van der Waals surface area contributed by atoms with Gasteiger partial charge in [0.2, 0.25) is 5.91 Å². The van der Waals surface area contributed by atoms with E-state index in [1.807, 2.05) is 27.7 Å². The Labute approximate surface area is 119 Å². The quantitative estimate of drug-likeness (QED) is 0.779. The standard InChI is InChI=1S/C15H22N2O3/c1-8(2)17-12-10-7-9(14(16)19)5-6-11(10)20-15(3,4)13(12)18/h5-8,12-13,17-18H,1-4H3,(H2,16,19). The number of nitrogens with one attached hydrogen (secondary N) is 1. The summed E-state index contributed by atoms with van der Waals surface area (Å²) >= 11 is 0. The zero-order valence-corrected chi connectivity index (χ0v) is 12.3. The zero-order chi connectivity index (χ0) is 15.1. The number of amides is 1. The second-order valence-corrected chi connectivity index (χ2v) is 6.07. The monoisotopic (exact) mass is 278 g/mol. The maximum atomic E-state index is 11.3. The maximum absolute atomic E-state index is 11.3. The van der Waals surface area contributed by atoms with Crippen LogP contribution in [0.2, 0.25) is 0 Å². The third kappa shape index (κ3) is 2.64. The molecule has 0 radical (unpaired) electrons. The van der Waals surface area contributed by atoms with Gasteiger partial charge in [0, 0.05) is 17.2 Å². The molecule has 2 rings (SSSR count). The van der Waals surface area contributed by atoms with Crippen LogP contribution >= 0.6 is 0 Å². The molecule has 0 aromatic heterocycles. The van der Waals surface area contributed by atoms with Gasteiger partial charge in [-0.2, -0.15) is 0 Å². The summed E-state index contributed by atoms with van der Waals surface area (Å²) in [6.45, 7) is 7.70. The highest BCUT2D eigenvalue weighted by Gasteiger charge is 2.43. The van der Waals surface area contributed by atoms with Gasteiger partial charge < -0.3 is 20.9 Å². The van der Waals surface area contributed by atoms with Crippen LogP contribution in [-0.2, 0) is 0 Å². The summed E-state index contributed by atoms with van der Waals surface area (Å²) in [5.41, 5.74) is 5.80. The van der Waals surface area contributed by atoms with E-state index in [4.69, 9.17) is 10.5 Å². The molecule has 1 amide bonds. The summed E-state index contributed by atoms with van der Waals surface area (Å²) < 4.78 is 5.84. The molecule has 5 heteroatoms. The molecule has 5 nitrogen and oxygen atoms in total. The van der Waals surface area contributed by atoms with Crippen LogP contribution in [0.1, 0.15) is 49.7 Å². The van der Waals surface area contributed by atoms with E-state index in [0.717, 1.165) is 5.56 Å². The number of carbonyl (C=O) groups is 1. The summed E-state index contributed by atoms with van der Waals surface area (Å²) in [6.07, 6.45) is -0.722. The van der Waals surface area contributed by atoms with Crippen LogP contribution in [0.15, 0.2) is 18.2 Å². The molecular formula is C15H22N2O3. The average molecular weight is 278 g/mol. The molecule has 0 spiro atoms. The average Bonchev–Trinajstić information content (AvgIpc) is 2.33. The highest BCUT2D eigenvalue weighted by molar-refractivity contribution is 5.93. The normalized spacial score (nSPS) is 24.1. The molecule has 0 saturated heterocycles. The van der Waals surface area contributed by atoms with Gasteiger partial charge in [-0.25, -0.2) is 0 Å². The van der Waals surface area contributed by atoms with Crippen molar-refractivity contribution in [2.45, 2.75) is 51.5 Å². The SMILES string of the molecule is CC(C)NC1c2cc(C(N)=O)ccc2OC(C)(C)C1O. The van der Waals surface area contributed by atoms with E-state index in [1.54, 1.807) is 18.2 Å². The van der Waals surface area contributed by atoms with Crippen molar-refractivity contribution in [2.75, 3.05) is 0 Å². The molecular weight excluding hydrogens is 256 g/mol. The van der Waals surface area contributed by atoms with Gasteiger partial charge in [0.25, 0.3) is 0 Å². The van der Waals surface area contributed by atoms with Crippen molar-refractivity contribution in [1.29, 1.82) is 0 Å². The van der Waals surface area contributed by atoms with Crippen molar-refractivity contribution in [3.05, 3.63) is 29.3 Å². The number of rotatable bonds is 3. The fraction of sp³-hybridized carbons (Fsp3) is 0.533. The van der Waals surface area contributed by atoms with Crippen LogP contribution in [0.25, 0.3) is 0 Å². The Morgan fingerprint density at radius 2 is 2.10 bits per heavy atom. The molecule has 1 aliphatic heterocycles. The Morgan fingerprint density at radius 1 is 1.45 bits per heavy atom. The number of hydrogen-bond donors (Lipinski definition) is 3. The first-order valence-electron chi connectivity index (χ1n) is 6.79. The summed E-state index contributed by atoms with van der Waals surface area (Å²) in [7, 11) is 0. The third-order valence-corrected chi connectivity index (χ3v) is 3.54. The number of fused-ring (bicyclic) bond motifs is 1. The fourth-order valence-electron chi connectivity index (χ4n) is 2.49. The van der Waals surface area contributed by atoms with Crippen LogP contribution in [0.4, 0.5) is 0 Å². The minimum Gasteiger partial charge on any atom is -0.485 e. The van der Waals surface area contributed by atoms with Crippen LogP contribution in [0.5, 0.6) is 5.75 Å².